The average Bonchev–Trinajstić information content (AvgIpc) is 2.37. The van der Waals surface area contributed by atoms with Crippen molar-refractivity contribution in [3.63, 3.8) is 0 Å². The van der Waals surface area contributed by atoms with E-state index >= 15 is 0 Å². The van der Waals surface area contributed by atoms with E-state index in [1.807, 2.05) is 0 Å². The SMILES string of the molecule is COc1ccccc1CN(CCO)S(=O)(=O)CC(=O)O. The van der Waals surface area contributed by atoms with Crippen LogP contribution < -0.4 is 4.74 Å². The van der Waals surface area contributed by atoms with E-state index in [2.05, 4.69) is 0 Å². The Morgan fingerprint density at radius 1 is 1.35 bits per heavy atom. The minimum atomic E-state index is -3.99. The van der Waals surface area contributed by atoms with Gasteiger partial charge in [0.2, 0.25) is 10.0 Å². The quantitative estimate of drug-likeness (QED) is 0.695. The van der Waals surface area contributed by atoms with E-state index in [0.29, 0.717) is 11.3 Å². The second-order valence-corrected chi connectivity index (χ2v) is 5.99. The number of hydrogen-bond donors (Lipinski definition) is 2. The highest BCUT2D eigenvalue weighted by atomic mass is 32.2. The van der Waals surface area contributed by atoms with Crippen LogP contribution in [-0.4, -0.2) is 54.9 Å². The van der Waals surface area contributed by atoms with Gasteiger partial charge in [-0.25, -0.2) is 8.42 Å². The molecule has 1 aromatic carbocycles. The minimum absolute atomic E-state index is 0.0554. The summed E-state index contributed by atoms with van der Waals surface area (Å²) in [5.74, 6) is -1.95. The molecule has 8 heteroatoms. The number of carboxylic acid groups (broad SMARTS) is 1. The van der Waals surface area contributed by atoms with Gasteiger partial charge in [-0.1, -0.05) is 18.2 Å². The summed E-state index contributed by atoms with van der Waals surface area (Å²) < 4.78 is 29.9. The van der Waals surface area contributed by atoms with E-state index in [9.17, 15) is 13.2 Å². The number of aliphatic hydroxyl groups is 1. The summed E-state index contributed by atoms with van der Waals surface area (Å²) in [6, 6.07) is 6.82. The third-order valence-corrected chi connectivity index (χ3v) is 4.30. The molecule has 0 aliphatic carbocycles. The molecule has 0 radical (unpaired) electrons. The van der Waals surface area contributed by atoms with Crippen LogP contribution in [0.2, 0.25) is 0 Å². The lowest BCUT2D eigenvalue weighted by Crippen LogP contribution is -2.37. The minimum Gasteiger partial charge on any atom is -0.496 e. The fourth-order valence-electron chi connectivity index (χ4n) is 1.70. The molecule has 0 saturated carbocycles. The van der Waals surface area contributed by atoms with Crippen LogP contribution >= 0.6 is 0 Å². The normalized spacial score (nSPS) is 11.6. The smallest absolute Gasteiger partial charge is 0.320 e. The zero-order chi connectivity index (χ0) is 15.2. The molecule has 0 unspecified atom stereocenters. The van der Waals surface area contributed by atoms with Crippen LogP contribution in [-0.2, 0) is 21.4 Å². The summed E-state index contributed by atoms with van der Waals surface area (Å²) in [7, 11) is -2.53. The maximum Gasteiger partial charge on any atom is 0.320 e. The molecule has 0 saturated heterocycles. The number of ether oxygens (including phenoxy) is 1. The van der Waals surface area contributed by atoms with Gasteiger partial charge in [0, 0.05) is 18.7 Å². The van der Waals surface area contributed by atoms with Gasteiger partial charge in [0.15, 0.2) is 5.75 Å². The number of aliphatic hydroxyl groups excluding tert-OH is 1. The van der Waals surface area contributed by atoms with E-state index in [1.165, 1.54) is 7.11 Å². The van der Waals surface area contributed by atoms with Crippen LogP contribution in [0.25, 0.3) is 0 Å². The predicted octanol–water partition coefficient (Wildman–Crippen LogP) is -0.0961. The van der Waals surface area contributed by atoms with Crippen molar-refractivity contribution in [2.75, 3.05) is 26.0 Å². The Balaban J connectivity index is 3.00. The monoisotopic (exact) mass is 303 g/mol. The summed E-state index contributed by atoms with van der Waals surface area (Å²) in [6.07, 6.45) is 0. The van der Waals surface area contributed by atoms with E-state index in [-0.39, 0.29) is 13.1 Å². The number of hydrogen-bond acceptors (Lipinski definition) is 5. The number of rotatable bonds is 8. The van der Waals surface area contributed by atoms with Gasteiger partial charge < -0.3 is 14.9 Å². The van der Waals surface area contributed by atoms with Crippen LogP contribution in [0.4, 0.5) is 0 Å². The van der Waals surface area contributed by atoms with Gasteiger partial charge in [-0.05, 0) is 6.07 Å². The Morgan fingerprint density at radius 3 is 2.55 bits per heavy atom. The summed E-state index contributed by atoms with van der Waals surface area (Å²) in [5, 5.41) is 17.6. The molecule has 0 amide bonds. The lowest BCUT2D eigenvalue weighted by molar-refractivity contribution is -0.134. The standard InChI is InChI=1S/C12H17NO6S/c1-19-11-5-3-2-4-10(11)8-13(6-7-14)20(17,18)9-12(15)16/h2-5,14H,6-9H2,1H3,(H,15,16). The van der Waals surface area contributed by atoms with Crippen molar-refractivity contribution < 1.29 is 28.2 Å². The van der Waals surface area contributed by atoms with Crippen molar-refractivity contribution >= 4 is 16.0 Å². The van der Waals surface area contributed by atoms with Crippen molar-refractivity contribution in [2.45, 2.75) is 6.54 Å². The Bertz CT molecular complexity index is 557. The molecule has 1 rings (SSSR count). The maximum absolute atomic E-state index is 11.9. The summed E-state index contributed by atoms with van der Waals surface area (Å²) >= 11 is 0. The summed E-state index contributed by atoms with van der Waals surface area (Å²) in [6.45, 7) is -0.623. The molecule has 0 bridgehead atoms. The largest absolute Gasteiger partial charge is 0.496 e. The third kappa shape index (κ3) is 4.48. The molecular weight excluding hydrogens is 286 g/mol. The molecule has 2 N–H and O–H groups in total. The highest BCUT2D eigenvalue weighted by Crippen LogP contribution is 2.20. The molecule has 0 aliphatic rings. The second-order valence-electron chi connectivity index (χ2n) is 4.02. The number of benzene rings is 1. The van der Waals surface area contributed by atoms with E-state index in [4.69, 9.17) is 14.9 Å². The molecule has 0 aromatic heterocycles. The molecule has 1 aromatic rings. The van der Waals surface area contributed by atoms with Crippen LogP contribution in [0, 0.1) is 0 Å². The van der Waals surface area contributed by atoms with Crippen LogP contribution in [0.5, 0.6) is 5.75 Å². The molecule has 0 aliphatic heterocycles. The summed E-state index contributed by atoms with van der Waals surface area (Å²) in [4.78, 5) is 10.6. The molecule has 112 valence electrons. The topological polar surface area (TPSA) is 104 Å². The second kappa shape index (κ2) is 7.22. The van der Waals surface area contributed by atoms with E-state index in [1.54, 1.807) is 24.3 Å². The highest BCUT2D eigenvalue weighted by Gasteiger charge is 2.25. The molecule has 0 atom stereocenters. The third-order valence-electron chi connectivity index (χ3n) is 2.59. The maximum atomic E-state index is 11.9. The van der Waals surface area contributed by atoms with Gasteiger partial charge in [0.05, 0.1) is 13.7 Å². The zero-order valence-electron chi connectivity index (χ0n) is 11.0. The highest BCUT2D eigenvalue weighted by molar-refractivity contribution is 7.89. The number of carboxylic acids is 1. The number of carbonyl (C=O) groups is 1. The number of nitrogens with zero attached hydrogens (tertiary/aromatic N) is 1. The van der Waals surface area contributed by atoms with Crippen LogP contribution in [0.15, 0.2) is 24.3 Å². The van der Waals surface area contributed by atoms with E-state index in [0.717, 1.165) is 4.31 Å². The fourth-order valence-corrected chi connectivity index (χ4v) is 2.89. The van der Waals surface area contributed by atoms with Crippen LogP contribution in [0.3, 0.4) is 0 Å². The first kappa shape index (κ1) is 16.4. The lowest BCUT2D eigenvalue weighted by Gasteiger charge is -2.21. The number of methoxy groups -OCH3 is 1. The first-order valence-electron chi connectivity index (χ1n) is 5.83. The van der Waals surface area contributed by atoms with Crippen molar-refractivity contribution in [1.82, 2.24) is 4.31 Å². The fraction of sp³-hybridized carbons (Fsp3) is 0.417. The molecule has 0 heterocycles. The van der Waals surface area contributed by atoms with Crippen LogP contribution in [0.1, 0.15) is 5.56 Å². The number of aliphatic carboxylic acids is 1. The first-order valence-corrected chi connectivity index (χ1v) is 7.44. The van der Waals surface area contributed by atoms with Crippen molar-refractivity contribution in [1.29, 1.82) is 0 Å². The Morgan fingerprint density at radius 2 is 2.00 bits per heavy atom. The Labute approximate surface area is 117 Å². The van der Waals surface area contributed by atoms with Crippen molar-refractivity contribution in [3.05, 3.63) is 29.8 Å². The van der Waals surface area contributed by atoms with Gasteiger partial charge in [-0.3, -0.25) is 4.79 Å². The summed E-state index contributed by atoms with van der Waals surface area (Å²) in [5.41, 5.74) is 0.595. The predicted molar refractivity (Wildman–Crippen MR) is 71.9 cm³/mol. The number of sulfonamides is 1. The zero-order valence-corrected chi connectivity index (χ0v) is 11.8. The first-order chi connectivity index (χ1) is 9.40. The Hall–Kier alpha value is -1.64. The molecular formula is C12H17NO6S. The van der Waals surface area contributed by atoms with Crippen molar-refractivity contribution in [3.8, 4) is 5.75 Å². The Kier molecular flexibility index (Phi) is 5.93. The van der Waals surface area contributed by atoms with Gasteiger partial charge in [0.25, 0.3) is 0 Å². The van der Waals surface area contributed by atoms with E-state index < -0.39 is 28.4 Å². The van der Waals surface area contributed by atoms with Crippen molar-refractivity contribution in [2.24, 2.45) is 0 Å². The molecule has 0 fully saturated rings. The van der Waals surface area contributed by atoms with Gasteiger partial charge in [0.1, 0.15) is 5.75 Å². The molecule has 20 heavy (non-hydrogen) atoms. The number of para-hydroxylation sites is 1. The van der Waals surface area contributed by atoms with Gasteiger partial charge >= 0.3 is 5.97 Å². The average molecular weight is 303 g/mol. The van der Waals surface area contributed by atoms with Gasteiger partial charge in [-0.15, -0.1) is 0 Å². The molecule has 7 nitrogen and oxygen atoms in total. The molecule has 0 spiro atoms. The lowest BCUT2D eigenvalue weighted by atomic mass is 10.2. The van der Waals surface area contributed by atoms with Gasteiger partial charge in [-0.2, -0.15) is 4.31 Å².